The Balaban J connectivity index is 0.000000449. The molecular weight excluding hydrogens is 536 g/mol. The molecule has 39 heavy (non-hydrogen) atoms. The second-order valence-electron chi connectivity index (χ2n) is 8.71. The summed E-state index contributed by atoms with van der Waals surface area (Å²) in [5.41, 5.74) is 2.00. The first-order valence-corrected chi connectivity index (χ1v) is 11.5. The van der Waals surface area contributed by atoms with Crippen LogP contribution >= 0.6 is 0 Å². The second kappa shape index (κ2) is 14.5. The van der Waals surface area contributed by atoms with Crippen LogP contribution in [0, 0.1) is 0 Å². The highest BCUT2D eigenvalue weighted by molar-refractivity contribution is 5.94. The topological polar surface area (TPSA) is 111 Å². The lowest BCUT2D eigenvalue weighted by molar-refractivity contribution is -0.193. The Kier molecular flexibility index (Phi) is 12.4. The van der Waals surface area contributed by atoms with Crippen molar-refractivity contribution >= 4 is 17.8 Å². The maximum Gasteiger partial charge on any atom is 0.490 e. The van der Waals surface area contributed by atoms with Crippen LogP contribution in [0.3, 0.4) is 0 Å². The van der Waals surface area contributed by atoms with Crippen molar-refractivity contribution < 1.29 is 50.9 Å². The number of aliphatic carboxylic acids is 2. The second-order valence-corrected chi connectivity index (χ2v) is 8.71. The molecule has 1 fully saturated rings. The zero-order valence-electron chi connectivity index (χ0n) is 21.3. The lowest BCUT2D eigenvalue weighted by Crippen LogP contribution is -2.48. The van der Waals surface area contributed by atoms with E-state index in [4.69, 9.17) is 19.8 Å². The molecule has 1 aliphatic rings. The van der Waals surface area contributed by atoms with Gasteiger partial charge >= 0.3 is 24.3 Å². The molecule has 2 atom stereocenters. The number of hydrogen-bond donors (Lipinski definition) is 2. The number of likely N-dealkylation sites (N-methyl/N-ethyl adjacent to an activating group) is 1. The van der Waals surface area contributed by atoms with Crippen LogP contribution in [0.25, 0.3) is 0 Å². The number of carboxylic acid groups (broad SMARTS) is 2. The number of aromatic nitrogens is 1. The summed E-state index contributed by atoms with van der Waals surface area (Å²) >= 11 is 0. The molecule has 3 rings (SSSR count). The highest BCUT2D eigenvalue weighted by Gasteiger charge is 2.40. The SMILES string of the molecule is CC(C)N(C)[C@@H]1CCN(C(=O)c2ccncc2)[C@H]1Cc1ccccc1.O=C(O)C(F)(F)F.O=C(O)C(F)(F)F. The Morgan fingerprint density at radius 1 is 0.949 bits per heavy atom. The quantitative estimate of drug-likeness (QED) is 0.513. The van der Waals surface area contributed by atoms with E-state index in [0.29, 0.717) is 12.1 Å². The molecule has 0 saturated carbocycles. The fourth-order valence-corrected chi connectivity index (χ4v) is 3.71. The number of alkyl halides is 6. The van der Waals surface area contributed by atoms with E-state index in [0.717, 1.165) is 24.9 Å². The summed E-state index contributed by atoms with van der Waals surface area (Å²) in [4.78, 5) is 39.4. The van der Waals surface area contributed by atoms with Crippen LogP contribution in [0.1, 0.15) is 36.2 Å². The van der Waals surface area contributed by atoms with E-state index in [-0.39, 0.29) is 11.9 Å². The van der Waals surface area contributed by atoms with Crippen LogP contribution in [0.4, 0.5) is 26.3 Å². The highest BCUT2D eigenvalue weighted by atomic mass is 19.4. The molecule has 0 spiro atoms. The molecule has 216 valence electrons. The number of benzene rings is 1. The van der Waals surface area contributed by atoms with Gasteiger partial charge in [-0.05, 0) is 51.4 Å². The summed E-state index contributed by atoms with van der Waals surface area (Å²) < 4.78 is 63.5. The molecule has 0 bridgehead atoms. The van der Waals surface area contributed by atoms with Crippen molar-refractivity contribution in [3.63, 3.8) is 0 Å². The van der Waals surface area contributed by atoms with Gasteiger partial charge in [-0.3, -0.25) is 14.7 Å². The van der Waals surface area contributed by atoms with Crippen LogP contribution in [0.15, 0.2) is 54.9 Å². The number of hydrogen-bond acceptors (Lipinski definition) is 5. The number of likely N-dealkylation sites (tertiary alicyclic amines) is 1. The van der Waals surface area contributed by atoms with E-state index in [9.17, 15) is 31.1 Å². The van der Waals surface area contributed by atoms with Crippen molar-refractivity contribution in [3.05, 3.63) is 66.0 Å². The van der Waals surface area contributed by atoms with Gasteiger partial charge in [-0.2, -0.15) is 26.3 Å². The Morgan fingerprint density at radius 3 is 1.82 bits per heavy atom. The van der Waals surface area contributed by atoms with Crippen molar-refractivity contribution in [2.45, 2.75) is 57.2 Å². The van der Waals surface area contributed by atoms with Crippen molar-refractivity contribution in [2.24, 2.45) is 0 Å². The fourth-order valence-electron chi connectivity index (χ4n) is 3.71. The zero-order chi connectivity index (χ0) is 30.0. The fraction of sp³-hybridized carbons (Fsp3) is 0.440. The normalized spacial score (nSPS) is 17.2. The predicted molar refractivity (Wildman–Crippen MR) is 128 cm³/mol. The minimum absolute atomic E-state index is 0.114. The lowest BCUT2D eigenvalue weighted by Gasteiger charge is -2.35. The molecule has 0 unspecified atom stereocenters. The number of carbonyl (C=O) groups is 3. The Hall–Kier alpha value is -3.68. The third-order valence-electron chi connectivity index (χ3n) is 5.81. The van der Waals surface area contributed by atoms with Crippen LogP contribution < -0.4 is 0 Å². The van der Waals surface area contributed by atoms with E-state index >= 15 is 0 Å². The third kappa shape index (κ3) is 10.9. The maximum atomic E-state index is 13.1. The summed E-state index contributed by atoms with van der Waals surface area (Å²) in [6.45, 7) is 5.24. The standard InChI is InChI=1S/C21H27N3O.2C2HF3O2/c1-16(2)23(3)19-11-14-24(21(25)18-9-12-22-13-10-18)20(19)15-17-7-5-4-6-8-17;2*3-2(4,5)1(6)7/h4-10,12-13,16,19-20H,11,14-15H2,1-3H3;2*(H,6,7)/t19-,20+;;/m1../s1. The average Bonchev–Trinajstić information content (AvgIpc) is 3.27. The Bertz CT molecular complexity index is 1040. The molecule has 1 aromatic heterocycles. The molecule has 0 aliphatic carbocycles. The Labute approximate surface area is 220 Å². The number of carboxylic acids is 2. The molecule has 2 aromatic rings. The molecular formula is C25H29F6N3O5. The molecule has 0 radical (unpaired) electrons. The first-order chi connectivity index (χ1) is 18.0. The van der Waals surface area contributed by atoms with E-state index in [1.165, 1.54) is 5.56 Å². The van der Waals surface area contributed by atoms with Crippen molar-refractivity contribution in [1.82, 2.24) is 14.8 Å². The first kappa shape index (κ1) is 33.3. The van der Waals surface area contributed by atoms with Crippen LogP contribution in [0.2, 0.25) is 0 Å². The number of carbonyl (C=O) groups excluding carboxylic acids is 1. The van der Waals surface area contributed by atoms with Gasteiger partial charge in [0.1, 0.15) is 0 Å². The van der Waals surface area contributed by atoms with Crippen molar-refractivity contribution in [3.8, 4) is 0 Å². The summed E-state index contributed by atoms with van der Waals surface area (Å²) in [7, 11) is 2.17. The number of rotatable bonds is 5. The summed E-state index contributed by atoms with van der Waals surface area (Å²) in [6, 6.07) is 15.1. The van der Waals surface area contributed by atoms with Crippen molar-refractivity contribution in [1.29, 1.82) is 0 Å². The van der Waals surface area contributed by atoms with Gasteiger partial charge in [-0.15, -0.1) is 0 Å². The van der Waals surface area contributed by atoms with E-state index in [1.54, 1.807) is 24.5 Å². The van der Waals surface area contributed by atoms with E-state index in [2.05, 4.69) is 59.9 Å². The van der Waals surface area contributed by atoms with Gasteiger partial charge in [0.15, 0.2) is 0 Å². The van der Waals surface area contributed by atoms with E-state index < -0.39 is 24.3 Å². The average molecular weight is 566 g/mol. The van der Waals surface area contributed by atoms with Gasteiger partial charge in [0.25, 0.3) is 5.91 Å². The van der Waals surface area contributed by atoms with E-state index in [1.807, 2.05) is 6.07 Å². The minimum atomic E-state index is -5.08. The highest BCUT2D eigenvalue weighted by Crippen LogP contribution is 2.28. The van der Waals surface area contributed by atoms with Crippen LogP contribution in [-0.2, 0) is 16.0 Å². The van der Waals surface area contributed by atoms with Gasteiger partial charge in [0, 0.05) is 36.6 Å². The molecule has 1 saturated heterocycles. The van der Waals surface area contributed by atoms with Crippen molar-refractivity contribution in [2.75, 3.05) is 13.6 Å². The van der Waals surface area contributed by atoms with Gasteiger partial charge in [0.05, 0.1) is 6.04 Å². The number of amides is 1. The molecule has 8 nitrogen and oxygen atoms in total. The number of pyridine rings is 1. The number of nitrogens with zero attached hydrogens (tertiary/aromatic N) is 3. The molecule has 2 N–H and O–H groups in total. The first-order valence-electron chi connectivity index (χ1n) is 11.5. The monoisotopic (exact) mass is 565 g/mol. The summed E-state index contributed by atoms with van der Waals surface area (Å²) in [5, 5.41) is 14.2. The minimum Gasteiger partial charge on any atom is -0.475 e. The predicted octanol–water partition coefficient (Wildman–Crippen LogP) is 4.51. The van der Waals surface area contributed by atoms with Gasteiger partial charge in [0.2, 0.25) is 0 Å². The number of halogens is 6. The van der Waals surface area contributed by atoms with Gasteiger partial charge in [-0.1, -0.05) is 30.3 Å². The molecule has 1 aliphatic heterocycles. The largest absolute Gasteiger partial charge is 0.490 e. The van der Waals surface area contributed by atoms with Gasteiger partial charge in [-0.25, -0.2) is 9.59 Å². The third-order valence-corrected chi connectivity index (χ3v) is 5.81. The Morgan fingerprint density at radius 2 is 1.41 bits per heavy atom. The molecule has 1 aromatic carbocycles. The molecule has 2 heterocycles. The maximum absolute atomic E-state index is 13.1. The molecule has 14 heteroatoms. The summed E-state index contributed by atoms with van der Waals surface area (Å²) in [6.07, 6.45) is -4.89. The van der Waals surface area contributed by atoms with Gasteiger partial charge < -0.3 is 15.1 Å². The molecule has 1 amide bonds. The van der Waals surface area contributed by atoms with Crippen LogP contribution in [0.5, 0.6) is 0 Å². The summed E-state index contributed by atoms with van der Waals surface area (Å²) in [5.74, 6) is -5.40. The van der Waals surface area contributed by atoms with Crippen LogP contribution in [-0.4, -0.2) is 86.9 Å². The lowest BCUT2D eigenvalue weighted by atomic mass is 9.98. The zero-order valence-corrected chi connectivity index (χ0v) is 21.3. The smallest absolute Gasteiger partial charge is 0.475 e.